The molecule has 0 amide bonds. The zero-order chi connectivity index (χ0) is 17.1. The van der Waals surface area contributed by atoms with Gasteiger partial charge in [0, 0.05) is 77.8 Å². The molecule has 0 unspecified atom stereocenters. The van der Waals surface area contributed by atoms with Gasteiger partial charge in [0.1, 0.15) is 0 Å². The summed E-state index contributed by atoms with van der Waals surface area (Å²) in [5, 5.41) is 4.85. The number of piperazine rings is 1. The van der Waals surface area contributed by atoms with Gasteiger partial charge >= 0.3 is 0 Å². The summed E-state index contributed by atoms with van der Waals surface area (Å²) in [6.45, 7) is 10.9. The Morgan fingerprint density at radius 3 is 2.64 bits per heavy atom. The van der Waals surface area contributed by atoms with Crippen LogP contribution < -0.4 is 0 Å². The molecule has 0 aliphatic carbocycles. The first-order chi connectivity index (χ1) is 12.3. The minimum atomic E-state index is 0.985. The molecule has 4 heterocycles. The van der Waals surface area contributed by atoms with Crippen molar-refractivity contribution >= 4 is 0 Å². The molecule has 25 heavy (non-hydrogen) atoms. The summed E-state index contributed by atoms with van der Waals surface area (Å²) >= 11 is 0. The third kappa shape index (κ3) is 4.29. The number of fused-ring (bicyclic) bond motifs is 1. The standard InChI is InChI=1S/C18H29N7/c1-21-4-2-5-25-18(15-21)13-17(20-25)14-23-10-7-22(8-11-23)9-12-24-6-3-19-16-24/h3,6,13,16H,2,4-5,7-12,14-15H2,1H3. The van der Waals surface area contributed by atoms with E-state index in [1.54, 1.807) is 0 Å². The summed E-state index contributed by atoms with van der Waals surface area (Å²) in [5.41, 5.74) is 2.60. The summed E-state index contributed by atoms with van der Waals surface area (Å²) in [6.07, 6.45) is 6.98. The van der Waals surface area contributed by atoms with Crippen molar-refractivity contribution in [2.45, 2.75) is 32.6 Å². The van der Waals surface area contributed by atoms with Crippen molar-refractivity contribution in [2.75, 3.05) is 46.3 Å². The Balaban J connectivity index is 1.25. The van der Waals surface area contributed by atoms with E-state index in [-0.39, 0.29) is 0 Å². The first-order valence-corrected chi connectivity index (χ1v) is 9.41. The second-order valence-electron chi connectivity index (χ2n) is 7.36. The zero-order valence-electron chi connectivity index (χ0n) is 15.2. The van der Waals surface area contributed by atoms with E-state index in [1.807, 2.05) is 18.7 Å². The van der Waals surface area contributed by atoms with Crippen LogP contribution in [-0.4, -0.2) is 80.3 Å². The molecule has 7 heteroatoms. The lowest BCUT2D eigenvalue weighted by molar-refractivity contribution is 0.123. The highest BCUT2D eigenvalue weighted by Gasteiger charge is 2.19. The highest BCUT2D eigenvalue weighted by Crippen LogP contribution is 2.14. The number of rotatable bonds is 5. The summed E-state index contributed by atoms with van der Waals surface area (Å²) in [6, 6.07) is 2.31. The fourth-order valence-corrected chi connectivity index (χ4v) is 3.84. The van der Waals surface area contributed by atoms with E-state index in [4.69, 9.17) is 5.10 Å². The molecule has 2 aliphatic heterocycles. The van der Waals surface area contributed by atoms with Crippen molar-refractivity contribution in [2.24, 2.45) is 0 Å². The molecule has 0 atom stereocenters. The maximum atomic E-state index is 4.85. The third-order valence-electron chi connectivity index (χ3n) is 5.34. The molecule has 0 radical (unpaired) electrons. The molecule has 7 nitrogen and oxygen atoms in total. The highest BCUT2D eigenvalue weighted by molar-refractivity contribution is 5.11. The normalized spacial score (nSPS) is 20.5. The Labute approximate surface area is 149 Å². The molecule has 2 aromatic rings. The highest BCUT2D eigenvalue weighted by atomic mass is 15.3. The molecule has 0 N–H and O–H groups in total. The van der Waals surface area contributed by atoms with Gasteiger partial charge in [0.2, 0.25) is 0 Å². The number of hydrogen-bond donors (Lipinski definition) is 0. The summed E-state index contributed by atoms with van der Waals surface area (Å²) in [5.74, 6) is 0. The van der Waals surface area contributed by atoms with Gasteiger partial charge in [-0.2, -0.15) is 5.10 Å². The number of imidazole rings is 1. The first-order valence-electron chi connectivity index (χ1n) is 9.41. The minimum absolute atomic E-state index is 0.985. The average molecular weight is 343 g/mol. The molecule has 136 valence electrons. The average Bonchev–Trinajstić information content (AvgIpc) is 3.21. The van der Waals surface area contributed by atoms with Gasteiger partial charge in [0.05, 0.1) is 17.7 Å². The van der Waals surface area contributed by atoms with Gasteiger partial charge in [-0.15, -0.1) is 0 Å². The van der Waals surface area contributed by atoms with Crippen molar-refractivity contribution in [3.8, 4) is 0 Å². The van der Waals surface area contributed by atoms with Gasteiger partial charge in [0.25, 0.3) is 0 Å². The first kappa shape index (κ1) is 16.8. The van der Waals surface area contributed by atoms with Gasteiger partial charge in [-0.25, -0.2) is 4.98 Å². The molecule has 1 fully saturated rings. The van der Waals surface area contributed by atoms with E-state index in [0.717, 1.165) is 58.9 Å². The van der Waals surface area contributed by atoms with Gasteiger partial charge in [-0.05, 0) is 19.5 Å². The molecular formula is C18H29N7. The predicted molar refractivity (Wildman–Crippen MR) is 97.1 cm³/mol. The second-order valence-corrected chi connectivity index (χ2v) is 7.36. The lowest BCUT2D eigenvalue weighted by atomic mass is 10.2. The van der Waals surface area contributed by atoms with E-state index < -0.39 is 0 Å². The number of aryl methyl sites for hydroxylation is 1. The molecular weight excluding hydrogens is 314 g/mol. The Kier molecular flexibility index (Phi) is 5.14. The summed E-state index contributed by atoms with van der Waals surface area (Å²) in [7, 11) is 2.20. The molecule has 4 rings (SSSR count). The van der Waals surface area contributed by atoms with Crippen LogP contribution in [0.4, 0.5) is 0 Å². The van der Waals surface area contributed by atoms with Crippen molar-refractivity contribution in [1.82, 2.24) is 34.0 Å². The van der Waals surface area contributed by atoms with Gasteiger partial charge in [-0.1, -0.05) is 0 Å². The molecule has 0 spiro atoms. The maximum Gasteiger partial charge on any atom is 0.0946 e. The number of hydrogen-bond acceptors (Lipinski definition) is 5. The zero-order valence-corrected chi connectivity index (χ0v) is 15.2. The Morgan fingerprint density at radius 1 is 1.00 bits per heavy atom. The van der Waals surface area contributed by atoms with Crippen molar-refractivity contribution < 1.29 is 0 Å². The van der Waals surface area contributed by atoms with Crippen LogP contribution in [0.1, 0.15) is 17.8 Å². The van der Waals surface area contributed by atoms with E-state index in [1.165, 1.54) is 24.4 Å². The van der Waals surface area contributed by atoms with Gasteiger partial charge in [0.15, 0.2) is 0 Å². The van der Waals surface area contributed by atoms with Crippen LogP contribution in [-0.2, 0) is 26.2 Å². The van der Waals surface area contributed by atoms with Crippen LogP contribution in [0, 0.1) is 0 Å². The fourth-order valence-electron chi connectivity index (χ4n) is 3.84. The largest absolute Gasteiger partial charge is 0.336 e. The van der Waals surface area contributed by atoms with Crippen LogP contribution in [0.15, 0.2) is 24.8 Å². The van der Waals surface area contributed by atoms with Crippen LogP contribution in [0.3, 0.4) is 0 Å². The van der Waals surface area contributed by atoms with E-state index in [2.05, 4.69) is 42.0 Å². The van der Waals surface area contributed by atoms with Crippen LogP contribution in [0.5, 0.6) is 0 Å². The molecule has 0 bridgehead atoms. The minimum Gasteiger partial charge on any atom is -0.336 e. The number of nitrogens with zero attached hydrogens (tertiary/aromatic N) is 7. The SMILES string of the molecule is CN1CCCn2nc(CN3CCN(CCn4ccnc4)CC3)cc2C1. The molecule has 0 saturated carbocycles. The predicted octanol–water partition coefficient (Wildman–Crippen LogP) is 0.733. The number of aromatic nitrogens is 4. The maximum absolute atomic E-state index is 4.85. The molecule has 0 aromatic carbocycles. The Morgan fingerprint density at radius 2 is 1.84 bits per heavy atom. The van der Waals surface area contributed by atoms with Crippen LogP contribution in [0.25, 0.3) is 0 Å². The second kappa shape index (κ2) is 7.68. The molecule has 1 saturated heterocycles. The van der Waals surface area contributed by atoms with E-state index in [0.29, 0.717) is 0 Å². The Hall–Kier alpha value is -1.70. The quantitative estimate of drug-likeness (QED) is 0.801. The van der Waals surface area contributed by atoms with Crippen molar-refractivity contribution in [3.05, 3.63) is 36.2 Å². The smallest absolute Gasteiger partial charge is 0.0946 e. The molecule has 2 aromatic heterocycles. The summed E-state index contributed by atoms with van der Waals surface area (Å²) < 4.78 is 4.38. The molecule has 2 aliphatic rings. The van der Waals surface area contributed by atoms with Crippen LogP contribution in [0.2, 0.25) is 0 Å². The lowest BCUT2D eigenvalue weighted by Crippen LogP contribution is -2.46. The lowest BCUT2D eigenvalue weighted by Gasteiger charge is -2.34. The van der Waals surface area contributed by atoms with Gasteiger partial charge in [-0.3, -0.25) is 14.5 Å². The summed E-state index contributed by atoms with van der Waals surface area (Å²) in [4.78, 5) is 11.6. The van der Waals surface area contributed by atoms with E-state index >= 15 is 0 Å². The van der Waals surface area contributed by atoms with Crippen molar-refractivity contribution in [1.29, 1.82) is 0 Å². The van der Waals surface area contributed by atoms with Crippen molar-refractivity contribution in [3.63, 3.8) is 0 Å². The van der Waals surface area contributed by atoms with Crippen LogP contribution >= 0.6 is 0 Å². The Bertz CT molecular complexity index is 655. The van der Waals surface area contributed by atoms with Gasteiger partial charge < -0.3 is 9.47 Å². The topological polar surface area (TPSA) is 45.4 Å². The monoisotopic (exact) mass is 343 g/mol. The fraction of sp³-hybridized carbons (Fsp3) is 0.667. The van der Waals surface area contributed by atoms with E-state index in [9.17, 15) is 0 Å². The third-order valence-corrected chi connectivity index (χ3v) is 5.34.